The number of carboxylic acid groups (broad SMARTS) is 1. The summed E-state index contributed by atoms with van der Waals surface area (Å²) in [6.45, 7) is 1.97. The van der Waals surface area contributed by atoms with Gasteiger partial charge >= 0.3 is 5.97 Å². The average molecular weight is 318 g/mol. The second-order valence-electron chi connectivity index (χ2n) is 3.28. The molecule has 0 aliphatic heterocycles. The van der Waals surface area contributed by atoms with E-state index >= 15 is 0 Å². The second kappa shape index (κ2) is 6.66. The summed E-state index contributed by atoms with van der Waals surface area (Å²) in [5.41, 5.74) is 0.279. The van der Waals surface area contributed by atoms with Gasteiger partial charge in [0.1, 0.15) is 0 Å². The smallest absolute Gasteiger partial charge is 0.336 e. The van der Waals surface area contributed by atoms with Crippen LogP contribution in [0.4, 0.5) is 0 Å². The molecular formula is C11H12BrNO3S. The zero-order chi connectivity index (χ0) is 12.8. The van der Waals surface area contributed by atoms with Crippen molar-refractivity contribution in [2.24, 2.45) is 0 Å². The SMILES string of the molecule is CC(=O)NCCSc1cc(Br)ccc1C(=O)O. The van der Waals surface area contributed by atoms with Gasteiger partial charge in [0.15, 0.2) is 0 Å². The molecule has 1 aromatic carbocycles. The number of carbonyl (C=O) groups is 2. The molecule has 1 rings (SSSR count). The van der Waals surface area contributed by atoms with E-state index in [1.165, 1.54) is 18.7 Å². The van der Waals surface area contributed by atoms with Gasteiger partial charge in [-0.05, 0) is 18.2 Å². The number of carbonyl (C=O) groups excluding carboxylic acids is 1. The van der Waals surface area contributed by atoms with Crippen LogP contribution in [-0.2, 0) is 4.79 Å². The third kappa shape index (κ3) is 4.79. The van der Waals surface area contributed by atoms with Crippen molar-refractivity contribution >= 4 is 39.6 Å². The maximum absolute atomic E-state index is 11.0. The zero-order valence-corrected chi connectivity index (χ0v) is 11.6. The first-order valence-corrected chi connectivity index (χ1v) is 6.68. The van der Waals surface area contributed by atoms with Crippen molar-refractivity contribution < 1.29 is 14.7 Å². The molecule has 0 atom stereocenters. The van der Waals surface area contributed by atoms with Gasteiger partial charge < -0.3 is 10.4 Å². The number of carboxylic acids is 1. The molecule has 1 amide bonds. The molecule has 4 nitrogen and oxygen atoms in total. The van der Waals surface area contributed by atoms with Crippen LogP contribution < -0.4 is 5.32 Å². The highest BCUT2D eigenvalue weighted by molar-refractivity contribution is 9.10. The Kier molecular flexibility index (Phi) is 5.50. The normalized spacial score (nSPS) is 10.0. The molecule has 0 heterocycles. The van der Waals surface area contributed by atoms with Crippen LogP contribution in [0.5, 0.6) is 0 Å². The molecule has 92 valence electrons. The minimum Gasteiger partial charge on any atom is -0.478 e. The van der Waals surface area contributed by atoms with Crippen molar-refractivity contribution in [3.05, 3.63) is 28.2 Å². The van der Waals surface area contributed by atoms with E-state index in [-0.39, 0.29) is 11.5 Å². The quantitative estimate of drug-likeness (QED) is 0.646. The van der Waals surface area contributed by atoms with E-state index in [2.05, 4.69) is 21.2 Å². The molecule has 0 saturated heterocycles. The van der Waals surface area contributed by atoms with Gasteiger partial charge in [-0.2, -0.15) is 0 Å². The number of nitrogens with one attached hydrogen (secondary N) is 1. The lowest BCUT2D eigenvalue weighted by Gasteiger charge is -2.06. The highest BCUT2D eigenvalue weighted by Crippen LogP contribution is 2.26. The Morgan fingerprint density at radius 1 is 1.47 bits per heavy atom. The Morgan fingerprint density at radius 3 is 2.76 bits per heavy atom. The van der Waals surface area contributed by atoms with E-state index in [1.807, 2.05) is 0 Å². The molecule has 0 aliphatic carbocycles. The third-order valence-electron chi connectivity index (χ3n) is 1.91. The molecule has 0 bridgehead atoms. The summed E-state index contributed by atoms with van der Waals surface area (Å²) >= 11 is 4.71. The van der Waals surface area contributed by atoms with Gasteiger partial charge in [-0.25, -0.2) is 4.79 Å². The monoisotopic (exact) mass is 317 g/mol. The van der Waals surface area contributed by atoms with Crippen LogP contribution in [0.3, 0.4) is 0 Å². The fourth-order valence-corrected chi connectivity index (χ4v) is 2.64. The molecule has 17 heavy (non-hydrogen) atoms. The molecule has 0 aromatic heterocycles. The first-order valence-electron chi connectivity index (χ1n) is 4.91. The number of aromatic carboxylic acids is 1. The summed E-state index contributed by atoms with van der Waals surface area (Å²) in [6.07, 6.45) is 0. The lowest BCUT2D eigenvalue weighted by atomic mass is 10.2. The largest absolute Gasteiger partial charge is 0.478 e. The zero-order valence-electron chi connectivity index (χ0n) is 9.20. The molecule has 2 N–H and O–H groups in total. The number of hydrogen-bond acceptors (Lipinski definition) is 3. The molecule has 0 unspecified atom stereocenters. The van der Waals surface area contributed by atoms with Gasteiger partial charge in [-0.15, -0.1) is 11.8 Å². The summed E-state index contributed by atoms with van der Waals surface area (Å²) in [5.74, 6) is -0.395. The number of hydrogen-bond donors (Lipinski definition) is 2. The van der Waals surface area contributed by atoms with Gasteiger partial charge in [-0.3, -0.25) is 4.79 Å². The predicted octanol–water partition coefficient (Wildman–Crippen LogP) is 2.38. The van der Waals surface area contributed by atoms with Crippen molar-refractivity contribution in [1.29, 1.82) is 0 Å². The van der Waals surface area contributed by atoms with E-state index in [9.17, 15) is 9.59 Å². The molecule has 6 heteroatoms. The maximum Gasteiger partial charge on any atom is 0.336 e. The molecular weight excluding hydrogens is 306 g/mol. The minimum atomic E-state index is -0.945. The van der Waals surface area contributed by atoms with Crippen molar-refractivity contribution in [3.63, 3.8) is 0 Å². The minimum absolute atomic E-state index is 0.0849. The summed E-state index contributed by atoms with van der Waals surface area (Å²) < 4.78 is 0.838. The van der Waals surface area contributed by atoms with Crippen LogP contribution in [0, 0.1) is 0 Å². The lowest BCUT2D eigenvalue weighted by molar-refractivity contribution is -0.118. The van der Waals surface area contributed by atoms with Gasteiger partial charge in [0, 0.05) is 28.6 Å². The lowest BCUT2D eigenvalue weighted by Crippen LogP contribution is -2.22. The Bertz CT molecular complexity index is 437. The number of benzene rings is 1. The maximum atomic E-state index is 11.0. The fourth-order valence-electron chi connectivity index (χ4n) is 1.18. The third-order valence-corrected chi connectivity index (χ3v) is 3.46. The fraction of sp³-hybridized carbons (Fsp3) is 0.273. The van der Waals surface area contributed by atoms with E-state index in [0.29, 0.717) is 17.2 Å². The predicted molar refractivity (Wildman–Crippen MR) is 70.5 cm³/mol. The topological polar surface area (TPSA) is 66.4 Å². The second-order valence-corrected chi connectivity index (χ2v) is 5.33. The number of amides is 1. The molecule has 1 aromatic rings. The summed E-state index contributed by atoms with van der Waals surface area (Å²) in [5, 5.41) is 11.7. The Balaban J connectivity index is 2.65. The highest BCUT2D eigenvalue weighted by Gasteiger charge is 2.10. The summed E-state index contributed by atoms with van der Waals surface area (Å²) in [7, 11) is 0. The summed E-state index contributed by atoms with van der Waals surface area (Å²) in [6, 6.07) is 5.02. The Morgan fingerprint density at radius 2 is 2.18 bits per heavy atom. The van der Waals surface area contributed by atoms with Gasteiger partial charge in [0.25, 0.3) is 0 Å². The van der Waals surface area contributed by atoms with Crippen LogP contribution in [-0.4, -0.2) is 29.3 Å². The van der Waals surface area contributed by atoms with Crippen molar-refractivity contribution in [2.45, 2.75) is 11.8 Å². The van der Waals surface area contributed by atoms with E-state index in [1.54, 1.807) is 18.2 Å². The van der Waals surface area contributed by atoms with Crippen LogP contribution >= 0.6 is 27.7 Å². The van der Waals surface area contributed by atoms with Crippen molar-refractivity contribution in [2.75, 3.05) is 12.3 Å². The Hall–Kier alpha value is -1.01. The molecule has 0 spiro atoms. The number of thioether (sulfide) groups is 1. The summed E-state index contributed by atoms with van der Waals surface area (Å²) in [4.78, 5) is 22.3. The van der Waals surface area contributed by atoms with Crippen molar-refractivity contribution in [3.8, 4) is 0 Å². The first-order chi connectivity index (χ1) is 8.00. The molecule has 0 fully saturated rings. The molecule has 0 saturated carbocycles. The Labute approximate surface area is 112 Å². The van der Waals surface area contributed by atoms with Crippen LogP contribution in [0.15, 0.2) is 27.6 Å². The van der Waals surface area contributed by atoms with Gasteiger partial charge in [0.05, 0.1) is 5.56 Å². The number of rotatable bonds is 5. The van der Waals surface area contributed by atoms with Gasteiger partial charge in [-0.1, -0.05) is 15.9 Å². The van der Waals surface area contributed by atoms with Crippen LogP contribution in [0.1, 0.15) is 17.3 Å². The first kappa shape index (κ1) is 14.1. The average Bonchev–Trinajstić information content (AvgIpc) is 2.23. The molecule has 0 aliphatic rings. The van der Waals surface area contributed by atoms with E-state index in [4.69, 9.17) is 5.11 Å². The van der Waals surface area contributed by atoms with Crippen LogP contribution in [0.2, 0.25) is 0 Å². The highest BCUT2D eigenvalue weighted by atomic mass is 79.9. The molecule has 0 radical (unpaired) electrons. The van der Waals surface area contributed by atoms with E-state index in [0.717, 1.165) is 4.47 Å². The van der Waals surface area contributed by atoms with Crippen molar-refractivity contribution in [1.82, 2.24) is 5.32 Å². The van der Waals surface area contributed by atoms with E-state index < -0.39 is 5.97 Å². The standard InChI is InChI=1S/C11H12BrNO3S/c1-7(14)13-4-5-17-10-6-8(12)2-3-9(10)11(15)16/h2-3,6H,4-5H2,1H3,(H,13,14)(H,15,16). The van der Waals surface area contributed by atoms with Crippen LogP contribution in [0.25, 0.3) is 0 Å². The number of halogens is 1. The van der Waals surface area contributed by atoms with Gasteiger partial charge in [0.2, 0.25) is 5.91 Å².